The second kappa shape index (κ2) is 12.7. The Hall–Kier alpha value is -3.24. The third-order valence-electron chi connectivity index (χ3n) is 7.74. The summed E-state index contributed by atoms with van der Waals surface area (Å²) >= 11 is 1.64. The van der Waals surface area contributed by atoms with Gasteiger partial charge in [-0.1, -0.05) is 5.16 Å². The molecule has 0 saturated carbocycles. The first-order chi connectivity index (χ1) is 18.6. The molecule has 1 aliphatic heterocycles. The van der Waals surface area contributed by atoms with Crippen LogP contribution in [-0.2, 0) is 6.54 Å². The number of nitrogens with one attached hydrogen (secondary N) is 2. The predicted octanol–water partition coefficient (Wildman–Crippen LogP) is 5.38. The number of rotatable bonds is 9. The number of carbonyl (C=O) groups excluding carboxylic acids is 2. The molecule has 4 rings (SSSR count). The van der Waals surface area contributed by atoms with Crippen molar-refractivity contribution < 1.29 is 14.1 Å². The van der Waals surface area contributed by atoms with Crippen LogP contribution in [0.2, 0.25) is 0 Å². The van der Waals surface area contributed by atoms with Gasteiger partial charge in [0.05, 0.1) is 17.0 Å². The van der Waals surface area contributed by atoms with Crippen LogP contribution < -0.4 is 10.6 Å². The maximum atomic E-state index is 13.4. The summed E-state index contributed by atoms with van der Waals surface area (Å²) in [7, 11) is 0. The first-order valence-corrected chi connectivity index (χ1v) is 14.6. The largest absolute Gasteiger partial charge is 0.352 e. The minimum Gasteiger partial charge on any atom is -0.352 e. The van der Waals surface area contributed by atoms with Crippen molar-refractivity contribution in [2.75, 3.05) is 25.0 Å². The summed E-state index contributed by atoms with van der Waals surface area (Å²) in [5, 5.41) is 14.1. The average Bonchev–Trinajstić information content (AvgIpc) is 3.52. The van der Waals surface area contributed by atoms with Gasteiger partial charge in [-0.15, -0.1) is 0 Å². The topological polar surface area (TPSA) is 104 Å². The van der Waals surface area contributed by atoms with Crippen molar-refractivity contribution in [1.29, 1.82) is 0 Å². The number of likely N-dealkylation sites (tertiary alicyclic amines) is 1. The van der Waals surface area contributed by atoms with Crippen LogP contribution in [-0.4, -0.2) is 63.6 Å². The van der Waals surface area contributed by atoms with Gasteiger partial charge in [0.2, 0.25) is 5.88 Å². The van der Waals surface area contributed by atoms with E-state index in [0.29, 0.717) is 30.6 Å². The van der Waals surface area contributed by atoms with Gasteiger partial charge in [0.15, 0.2) is 0 Å². The van der Waals surface area contributed by atoms with E-state index in [1.807, 2.05) is 51.0 Å². The molecule has 1 atom stereocenters. The Kier molecular flexibility index (Phi) is 9.40. The zero-order valence-corrected chi connectivity index (χ0v) is 24.7. The highest BCUT2D eigenvalue weighted by Crippen LogP contribution is 2.25. The number of aromatic nitrogens is 2. The highest BCUT2D eigenvalue weighted by Gasteiger charge is 2.30. The lowest BCUT2D eigenvalue weighted by atomic mass is 10.0. The molecule has 4 heterocycles. The third kappa shape index (κ3) is 7.05. The first-order valence-electron chi connectivity index (χ1n) is 13.6. The van der Waals surface area contributed by atoms with Crippen LogP contribution in [0.15, 0.2) is 27.4 Å². The molecule has 2 N–H and O–H groups in total. The fraction of sp³-hybridized carbons (Fsp3) is 0.517. The molecule has 0 bridgehead atoms. The molecule has 0 aromatic carbocycles. The van der Waals surface area contributed by atoms with Crippen molar-refractivity contribution in [1.82, 2.24) is 25.3 Å². The van der Waals surface area contributed by atoms with Gasteiger partial charge in [-0.3, -0.25) is 15.1 Å². The summed E-state index contributed by atoms with van der Waals surface area (Å²) in [5.74, 6) is 0.350. The predicted molar refractivity (Wildman–Crippen MR) is 154 cm³/mol. The molecule has 3 amide bonds. The number of anilines is 1. The van der Waals surface area contributed by atoms with Crippen LogP contribution in [0.1, 0.15) is 70.3 Å². The lowest BCUT2D eigenvalue weighted by molar-refractivity contribution is 0.0918. The number of hydrogen-bond donors (Lipinski definition) is 2. The van der Waals surface area contributed by atoms with Gasteiger partial charge in [0.1, 0.15) is 0 Å². The molecule has 0 spiro atoms. The molecule has 0 radical (unpaired) electrons. The smallest absolute Gasteiger partial charge is 0.324 e. The van der Waals surface area contributed by atoms with Gasteiger partial charge in [-0.25, -0.2) is 4.79 Å². The molecule has 0 unspecified atom stereocenters. The zero-order valence-electron chi connectivity index (χ0n) is 23.8. The van der Waals surface area contributed by atoms with Gasteiger partial charge >= 0.3 is 6.03 Å². The minimum atomic E-state index is -0.161. The molecule has 210 valence electrons. The van der Waals surface area contributed by atoms with Crippen molar-refractivity contribution in [3.8, 4) is 0 Å². The summed E-state index contributed by atoms with van der Waals surface area (Å²) in [6.45, 7) is 14.7. The van der Waals surface area contributed by atoms with Crippen molar-refractivity contribution in [3.05, 3.63) is 62.2 Å². The minimum absolute atomic E-state index is 0.0596. The van der Waals surface area contributed by atoms with E-state index in [-0.39, 0.29) is 18.0 Å². The molecule has 1 aliphatic rings. The maximum Gasteiger partial charge on any atom is 0.324 e. The van der Waals surface area contributed by atoms with E-state index in [1.165, 1.54) is 0 Å². The molecule has 9 nitrogen and oxygen atoms in total. The lowest BCUT2D eigenvalue weighted by Crippen LogP contribution is -2.50. The van der Waals surface area contributed by atoms with Crippen LogP contribution in [0.5, 0.6) is 0 Å². The maximum absolute atomic E-state index is 13.4. The lowest BCUT2D eigenvalue weighted by Gasteiger charge is -2.40. The van der Waals surface area contributed by atoms with E-state index in [0.717, 1.165) is 66.1 Å². The number of piperidine rings is 1. The van der Waals surface area contributed by atoms with Gasteiger partial charge in [0.25, 0.3) is 5.91 Å². The monoisotopic (exact) mass is 552 g/mol. The van der Waals surface area contributed by atoms with Crippen LogP contribution in [0.25, 0.3) is 0 Å². The van der Waals surface area contributed by atoms with Crippen molar-refractivity contribution >= 4 is 29.2 Å². The Morgan fingerprint density at radius 3 is 2.54 bits per heavy atom. The molecule has 1 fully saturated rings. The Morgan fingerprint density at radius 1 is 1.18 bits per heavy atom. The van der Waals surface area contributed by atoms with Crippen molar-refractivity contribution in [2.45, 2.75) is 79.4 Å². The van der Waals surface area contributed by atoms with Crippen molar-refractivity contribution in [3.63, 3.8) is 0 Å². The zero-order chi connectivity index (χ0) is 28.1. The number of carbonyl (C=O) groups is 2. The number of aryl methyl sites for hydroxylation is 4. The molecule has 3 aromatic heterocycles. The number of pyridine rings is 1. The normalized spacial score (nSPS) is 15.2. The van der Waals surface area contributed by atoms with Crippen LogP contribution in [0.3, 0.4) is 0 Å². The van der Waals surface area contributed by atoms with E-state index >= 15 is 0 Å². The van der Waals surface area contributed by atoms with Gasteiger partial charge in [-0.2, -0.15) is 11.3 Å². The van der Waals surface area contributed by atoms with Gasteiger partial charge in [-0.05, 0) is 94.8 Å². The van der Waals surface area contributed by atoms with E-state index in [4.69, 9.17) is 4.52 Å². The van der Waals surface area contributed by atoms with Crippen LogP contribution in [0.4, 0.5) is 10.7 Å². The molecule has 3 aromatic rings. The van der Waals surface area contributed by atoms with Gasteiger partial charge < -0.3 is 19.6 Å². The van der Waals surface area contributed by atoms with E-state index in [2.05, 4.69) is 44.0 Å². The van der Waals surface area contributed by atoms with Crippen LogP contribution >= 0.6 is 11.3 Å². The second-order valence-electron chi connectivity index (χ2n) is 10.6. The SMILES string of the molecule is Cc1cc(C)c(C(=O)NCC[C@@H](C)N2CCC(N(Cc3ccsc3)C(=O)Nc3onc(C)c3C)CC2)c(C)n1. The number of hydrogen-bond acceptors (Lipinski definition) is 7. The van der Waals surface area contributed by atoms with Gasteiger partial charge in [0, 0.05) is 49.5 Å². The second-order valence-corrected chi connectivity index (χ2v) is 11.4. The standard InChI is InChI=1S/C29H40N6O3S/c1-18-15-19(2)31-23(6)26(18)27(36)30-11-7-20(3)34-12-8-25(9-13-34)35(16-24-10-14-39-17-24)29(37)32-28-21(4)22(5)33-38-28/h10,14-15,17,20,25H,7-9,11-13,16H2,1-6H3,(H,30,36)(H,32,37)/t20-/m1/s1. The molecule has 0 aliphatic carbocycles. The Bertz CT molecular complexity index is 1260. The number of thiophene rings is 1. The Balaban J connectivity index is 1.31. The highest BCUT2D eigenvalue weighted by molar-refractivity contribution is 7.07. The molecular formula is C29H40N6O3S. The summed E-state index contributed by atoms with van der Waals surface area (Å²) in [6.07, 6.45) is 2.63. The summed E-state index contributed by atoms with van der Waals surface area (Å²) in [6, 6.07) is 4.30. The van der Waals surface area contributed by atoms with E-state index in [9.17, 15) is 9.59 Å². The number of amides is 3. The van der Waals surface area contributed by atoms with Crippen LogP contribution in [0, 0.1) is 34.6 Å². The molecular weight excluding hydrogens is 512 g/mol. The number of nitrogens with zero attached hydrogens (tertiary/aromatic N) is 4. The number of urea groups is 1. The fourth-order valence-electron chi connectivity index (χ4n) is 5.32. The molecule has 10 heteroatoms. The fourth-order valence-corrected chi connectivity index (χ4v) is 5.98. The molecule has 1 saturated heterocycles. The first kappa shape index (κ1) is 28.8. The summed E-state index contributed by atoms with van der Waals surface area (Å²) < 4.78 is 5.34. The average molecular weight is 553 g/mol. The van der Waals surface area contributed by atoms with E-state index in [1.54, 1.807) is 11.3 Å². The Morgan fingerprint density at radius 2 is 1.92 bits per heavy atom. The van der Waals surface area contributed by atoms with E-state index < -0.39 is 0 Å². The highest BCUT2D eigenvalue weighted by atomic mass is 32.1. The third-order valence-corrected chi connectivity index (χ3v) is 8.47. The quantitative estimate of drug-likeness (QED) is 0.369. The Labute approximate surface area is 235 Å². The summed E-state index contributed by atoms with van der Waals surface area (Å²) in [4.78, 5) is 35.0. The summed E-state index contributed by atoms with van der Waals surface area (Å²) in [5.41, 5.74) is 6.07. The molecule has 39 heavy (non-hydrogen) atoms. The van der Waals surface area contributed by atoms with Crippen molar-refractivity contribution in [2.24, 2.45) is 0 Å².